The third-order valence-electron chi connectivity index (χ3n) is 3.61. The third-order valence-corrected chi connectivity index (χ3v) is 3.61. The first kappa shape index (κ1) is 14.1. The molecular formula is C14H25N5. The molecule has 5 heteroatoms. The Balaban J connectivity index is 2.29. The van der Waals surface area contributed by atoms with Crippen molar-refractivity contribution in [1.82, 2.24) is 14.9 Å². The van der Waals surface area contributed by atoms with Gasteiger partial charge in [0.2, 0.25) is 0 Å². The van der Waals surface area contributed by atoms with Gasteiger partial charge in [0.05, 0.1) is 0 Å². The molecule has 1 unspecified atom stereocenters. The summed E-state index contributed by atoms with van der Waals surface area (Å²) in [7, 11) is 2.17. The highest BCUT2D eigenvalue weighted by Gasteiger charge is 2.22. The predicted octanol–water partition coefficient (Wildman–Crippen LogP) is 1.71. The van der Waals surface area contributed by atoms with Crippen molar-refractivity contribution in [3.05, 3.63) is 11.9 Å². The van der Waals surface area contributed by atoms with Crippen molar-refractivity contribution >= 4 is 11.6 Å². The molecule has 0 radical (unpaired) electrons. The molecule has 0 aromatic carbocycles. The minimum atomic E-state index is 0.298. The standard InChI is InChI=1S/C14H25N5/c1-10(2)14-16-12(15)8-13(17-14)19-7-5-6-18(4)9-11(19)3/h8,10-11H,5-7,9H2,1-4H3,(H2,15,16,17). The molecule has 0 saturated carbocycles. The van der Waals surface area contributed by atoms with Gasteiger partial charge < -0.3 is 15.5 Å². The van der Waals surface area contributed by atoms with Crippen molar-refractivity contribution in [2.24, 2.45) is 0 Å². The minimum absolute atomic E-state index is 0.298. The molecule has 1 saturated heterocycles. The Morgan fingerprint density at radius 3 is 2.74 bits per heavy atom. The van der Waals surface area contributed by atoms with Crippen LogP contribution in [0.4, 0.5) is 11.6 Å². The quantitative estimate of drug-likeness (QED) is 0.880. The lowest BCUT2D eigenvalue weighted by Gasteiger charge is -2.29. The summed E-state index contributed by atoms with van der Waals surface area (Å²) in [5.74, 6) is 2.67. The molecule has 0 amide bonds. The average Bonchev–Trinajstić information content (AvgIpc) is 2.49. The van der Waals surface area contributed by atoms with Crippen molar-refractivity contribution < 1.29 is 0 Å². The van der Waals surface area contributed by atoms with Gasteiger partial charge in [-0.1, -0.05) is 13.8 Å². The Labute approximate surface area is 115 Å². The molecule has 2 heterocycles. The fourth-order valence-electron chi connectivity index (χ4n) is 2.59. The number of nitrogen functional groups attached to an aromatic ring is 1. The Morgan fingerprint density at radius 2 is 2.05 bits per heavy atom. The molecule has 0 bridgehead atoms. The molecule has 1 atom stereocenters. The number of aromatic nitrogens is 2. The topological polar surface area (TPSA) is 58.3 Å². The van der Waals surface area contributed by atoms with Gasteiger partial charge in [0.1, 0.15) is 17.5 Å². The molecule has 1 aliphatic heterocycles. The van der Waals surface area contributed by atoms with E-state index in [4.69, 9.17) is 10.7 Å². The maximum absolute atomic E-state index is 5.93. The number of anilines is 2. The number of hydrogen-bond acceptors (Lipinski definition) is 5. The number of hydrogen-bond donors (Lipinski definition) is 1. The number of rotatable bonds is 2. The highest BCUT2D eigenvalue weighted by Crippen LogP contribution is 2.22. The first-order chi connectivity index (χ1) is 8.97. The SMILES string of the molecule is CC(C)c1nc(N)cc(N2CCCN(C)CC2C)n1. The van der Waals surface area contributed by atoms with E-state index in [0.29, 0.717) is 17.8 Å². The zero-order valence-corrected chi connectivity index (χ0v) is 12.4. The summed E-state index contributed by atoms with van der Waals surface area (Å²) in [4.78, 5) is 13.7. The van der Waals surface area contributed by atoms with Crippen LogP contribution < -0.4 is 10.6 Å². The van der Waals surface area contributed by atoms with Gasteiger partial charge in [0.15, 0.2) is 0 Å². The normalized spacial score (nSPS) is 21.7. The summed E-state index contributed by atoms with van der Waals surface area (Å²) in [5, 5.41) is 0. The molecule has 0 aliphatic carbocycles. The van der Waals surface area contributed by atoms with Crippen molar-refractivity contribution in [1.29, 1.82) is 0 Å². The van der Waals surface area contributed by atoms with Crippen LogP contribution in [0.2, 0.25) is 0 Å². The Morgan fingerprint density at radius 1 is 1.32 bits per heavy atom. The maximum atomic E-state index is 5.93. The van der Waals surface area contributed by atoms with Gasteiger partial charge in [0.25, 0.3) is 0 Å². The Hall–Kier alpha value is -1.36. The lowest BCUT2D eigenvalue weighted by molar-refractivity contribution is 0.337. The van der Waals surface area contributed by atoms with Gasteiger partial charge in [-0.3, -0.25) is 0 Å². The largest absolute Gasteiger partial charge is 0.384 e. The molecule has 2 rings (SSSR count). The predicted molar refractivity (Wildman–Crippen MR) is 79.5 cm³/mol. The zero-order chi connectivity index (χ0) is 14.0. The fraction of sp³-hybridized carbons (Fsp3) is 0.714. The van der Waals surface area contributed by atoms with E-state index in [0.717, 1.165) is 37.7 Å². The minimum Gasteiger partial charge on any atom is -0.384 e. The van der Waals surface area contributed by atoms with Gasteiger partial charge in [-0.05, 0) is 26.9 Å². The molecule has 1 aliphatic rings. The summed E-state index contributed by atoms with van der Waals surface area (Å²) in [5.41, 5.74) is 5.93. The van der Waals surface area contributed by atoms with E-state index in [9.17, 15) is 0 Å². The van der Waals surface area contributed by atoms with Gasteiger partial charge in [-0.25, -0.2) is 9.97 Å². The van der Waals surface area contributed by atoms with Gasteiger partial charge >= 0.3 is 0 Å². The van der Waals surface area contributed by atoms with Crippen LogP contribution in [0, 0.1) is 0 Å². The third kappa shape index (κ3) is 3.35. The van der Waals surface area contributed by atoms with Crippen LogP contribution in [-0.2, 0) is 0 Å². The van der Waals surface area contributed by atoms with Gasteiger partial charge in [-0.15, -0.1) is 0 Å². The van der Waals surface area contributed by atoms with Crippen LogP contribution in [0.5, 0.6) is 0 Å². The van der Waals surface area contributed by atoms with Crippen LogP contribution >= 0.6 is 0 Å². The molecule has 1 aromatic rings. The van der Waals surface area contributed by atoms with Crippen LogP contribution in [0.1, 0.15) is 38.9 Å². The smallest absolute Gasteiger partial charge is 0.135 e. The van der Waals surface area contributed by atoms with Gasteiger partial charge in [0, 0.05) is 31.1 Å². The van der Waals surface area contributed by atoms with E-state index in [1.54, 1.807) is 0 Å². The molecule has 19 heavy (non-hydrogen) atoms. The first-order valence-electron chi connectivity index (χ1n) is 7.07. The summed E-state index contributed by atoms with van der Waals surface area (Å²) in [6.45, 7) is 9.66. The van der Waals surface area contributed by atoms with E-state index in [1.807, 2.05) is 6.07 Å². The summed E-state index contributed by atoms with van der Waals surface area (Å²) >= 11 is 0. The summed E-state index contributed by atoms with van der Waals surface area (Å²) in [6.07, 6.45) is 1.15. The molecule has 0 spiro atoms. The van der Waals surface area contributed by atoms with Gasteiger partial charge in [-0.2, -0.15) is 0 Å². The lowest BCUT2D eigenvalue weighted by Crippen LogP contribution is -2.38. The van der Waals surface area contributed by atoms with E-state index >= 15 is 0 Å². The molecule has 106 valence electrons. The second-order valence-corrected chi connectivity index (χ2v) is 5.82. The molecule has 5 nitrogen and oxygen atoms in total. The second-order valence-electron chi connectivity index (χ2n) is 5.82. The number of nitrogens with zero attached hydrogens (tertiary/aromatic N) is 4. The Bertz CT molecular complexity index is 432. The van der Waals surface area contributed by atoms with Crippen molar-refractivity contribution in [3.63, 3.8) is 0 Å². The van der Waals surface area contributed by atoms with Crippen LogP contribution in [0.3, 0.4) is 0 Å². The molecule has 1 fully saturated rings. The van der Waals surface area contributed by atoms with Crippen LogP contribution in [-0.4, -0.2) is 47.6 Å². The molecule has 2 N–H and O–H groups in total. The van der Waals surface area contributed by atoms with Crippen LogP contribution in [0.15, 0.2) is 6.07 Å². The summed E-state index contributed by atoms with van der Waals surface area (Å²) < 4.78 is 0. The number of likely N-dealkylation sites (N-methyl/N-ethyl adjacent to an activating group) is 1. The van der Waals surface area contributed by atoms with E-state index in [-0.39, 0.29) is 0 Å². The first-order valence-corrected chi connectivity index (χ1v) is 7.07. The summed E-state index contributed by atoms with van der Waals surface area (Å²) in [6, 6.07) is 2.34. The van der Waals surface area contributed by atoms with E-state index < -0.39 is 0 Å². The van der Waals surface area contributed by atoms with Crippen LogP contribution in [0.25, 0.3) is 0 Å². The highest BCUT2D eigenvalue weighted by molar-refractivity contribution is 5.48. The van der Waals surface area contributed by atoms with Crippen molar-refractivity contribution in [2.75, 3.05) is 37.3 Å². The maximum Gasteiger partial charge on any atom is 0.135 e. The zero-order valence-electron chi connectivity index (χ0n) is 12.4. The molecule has 1 aromatic heterocycles. The average molecular weight is 263 g/mol. The Kier molecular flexibility index (Phi) is 4.24. The monoisotopic (exact) mass is 263 g/mol. The lowest BCUT2D eigenvalue weighted by atomic mass is 10.2. The van der Waals surface area contributed by atoms with E-state index in [2.05, 4.69) is 42.6 Å². The fourth-order valence-corrected chi connectivity index (χ4v) is 2.59. The van der Waals surface area contributed by atoms with Crippen molar-refractivity contribution in [2.45, 2.75) is 39.2 Å². The van der Waals surface area contributed by atoms with E-state index in [1.165, 1.54) is 0 Å². The second kappa shape index (κ2) is 5.74. The highest BCUT2D eigenvalue weighted by atomic mass is 15.3. The van der Waals surface area contributed by atoms with Crippen molar-refractivity contribution in [3.8, 4) is 0 Å². The molecular weight excluding hydrogens is 238 g/mol. The number of nitrogens with two attached hydrogens (primary N) is 1.